The fourth-order valence-electron chi connectivity index (χ4n) is 4.12. The zero-order valence-corrected chi connectivity index (χ0v) is 20.3. The lowest BCUT2D eigenvalue weighted by Crippen LogP contribution is -2.15. The van der Waals surface area contributed by atoms with Gasteiger partial charge < -0.3 is 25.4 Å². The molecule has 0 aromatic heterocycles. The highest BCUT2D eigenvalue weighted by Gasteiger charge is 2.29. The number of esters is 1. The minimum Gasteiger partial charge on any atom is -0.478 e. The van der Waals surface area contributed by atoms with Gasteiger partial charge in [-0.25, -0.2) is 9.59 Å². The van der Waals surface area contributed by atoms with Crippen molar-refractivity contribution in [1.82, 2.24) is 4.90 Å². The fraction of sp³-hybridized carbons (Fsp3) is 0.179. The molecule has 0 spiro atoms. The van der Waals surface area contributed by atoms with Crippen LogP contribution in [-0.4, -0.2) is 48.6 Å². The third kappa shape index (κ3) is 5.13. The monoisotopic (exact) mass is 485 g/mol. The first-order chi connectivity index (χ1) is 17.3. The molecule has 0 saturated heterocycles. The second-order valence-electron chi connectivity index (χ2n) is 8.59. The summed E-state index contributed by atoms with van der Waals surface area (Å²) < 4.78 is 5.07. The summed E-state index contributed by atoms with van der Waals surface area (Å²) in [4.78, 5) is 39.2. The maximum atomic E-state index is 13.2. The predicted octanol–water partition coefficient (Wildman–Crippen LogP) is 4.56. The van der Waals surface area contributed by atoms with E-state index in [-0.39, 0.29) is 18.1 Å². The maximum Gasteiger partial charge on any atom is 0.338 e. The minimum atomic E-state index is -1.03. The molecule has 0 fully saturated rings. The van der Waals surface area contributed by atoms with Gasteiger partial charge in [-0.1, -0.05) is 42.5 Å². The quantitative estimate of drug-likeness (QED) is 0.317. The first-order valence-corrected chi connectivity index (χ1v) is 11.5. The number of benzene rings is 3. The Hall–Kier alpha value is -4.43. The molecule has 8 nitrogen and oxygen atoms in total. The fourth-order valence-corrected chi connectivity index (χ4v) is 4.12. The molecule has 0 radical (unpaired) electrons. The summed E-state index contributed by atoms with van der Waals surface area (Å²) >= 11 is 0. The van der Waals surface area contributed by atoms with Gasteiger partial charge in [-0.15, -0.1) is 0 Å². The smallest absolute Gasteiger partial charge is 0.338 e. The Morgan fingerprint density at radius 2 is 1.75 bits per heavy atom. The second kappa shape index (κ2) is 10.5. The predicted molar refractivity (Wildman–Crippen MR) is 139 cm³/mol. The van der Waals surface area contributed by atoms with Crippen LogP contribution in [0, 0.1) is 0 Å². The molecule has 0 atom stereocenters. The summed E-state index contributed by atoms with van der Waals surface area (Å²) in [5, 5.41) is 15.9. The molecule has 0 bridgehead atoms. The highest BCUT2D eigenvalue weighted by Crippen LogP contribution is 2.38. The molecule has 0 saturated carbocycles. The van der Waals surface area contributed by atoms with Crippen molar-refractivity contribution < 1.29 is 24.2 Å². The third-order valence-electron chi connectivity index (χ3n) is 5.68. The van der Waals surface area contributed by atoms with Gasteiger partial charge in [-0.3, -0.25) is 4.79 Å². The Bertz CT molecular complexity index is 1360. The highest BCUT2D eigenvalue weighted by atomic mass is 16.5. The first kappa shape index (κ1) is 24.7. The van der Waals surface area contributed by atoms with E-state index in [1.165, 1.54) is 0 Å². The Morgan fingerprint density at radius 1 is 1.00 bits per heavy atom. The molecule has 0 aliphatic carbocycles. The van der Waals surface area contributed by atoms with Crippen molar-refractivity contribution >= 4 is 40.5 Å². The highest BCUT2D eigenvalue weighted by molar-refractivity contribution is 6.37. The molecule has 1 aliphatic rings. The number of aromatic carboxylic acids is 1. The van der Waals surface area contributed by atoms with E-state index in [2.05, 4.69) is 10.6 Å². The molecule has 3 aromatic carbocycles. The summed E-state index contributed by atoms with van der Waals surface area (Å²) in [6.45, 7) is 2.46. The number of fused-ring (bicyclic) bond motifs is 1. The summed E-state index contributed by atoms with van der Waals surface area (Å²) in [6, 6.07) is 19.4. The van der Waals surface area contributed by atoms with Gasteiger partial charge in [0.05, 0.1) is 34.7 Å². The summed E-state index contributed by atoms with van der Waals surface area (Å²) in [5.41, 5.74) is 4.53. The van der Waals surface area contributed by atoms with Crippen LogP contribution in [0.15, 0.2) is 66.7 Å². The molecule has 1 heterocycles. The number of carbonyl (C=O) groups excluding carboxylic acids is 2. The van der Waals surface area contributed by atoms with Gasteiger partial charge in [-0.05, 0) is 56.4 Å². The molecule has 3 aromatic rings. The van der Waals surface area contributed by atoms with Crippen LogP contribution in [0.4, 0.5) is 11.4 Å². The van der Waals surface area contributed by atoms with Crippen molar-refractivity contribution in [3.05, 3.63) is 94.5 Å². The van der Waals surface area contributed by atoms with Crippen molar-refractivity contribution in [2.45, 2.75) is 13.5 Å². The van der Waals surface area contributed by atoms with Gasteiger partial charge in [-0.2, -0.15) is 0 Å². The van der Waals surface area contributed by atoms with Gasteiger partial charge >= 0.3 is 11.9 Å². The van der Waals surface area contributed by atoms with Crippen molar-refractivity contribution in [2.75, 3.05) is 31.3 Å². The van der Waals surface area contributed by atoms with Crippen molar-refractivity contribution in [3.8, 4) is 0 Å². The number of hydrogen-bond acceptors (Lipinski definition) is 6. The zero-order chi connectivity index (χ0) is 25.8. The lowest BCUT2D eigenvalue weighted by molar-refractivity contribution is -0.110. The number of rotatable bonds is 8. The molecule has 8 heteroatoms. The van der Waals surface area contributed by atoms with Gasteiger partial charge in [0.2, 0.25) is 0 Å². The van der Waals surface area contributed by atoms with Crippen LogP contribution >= 0.6 is 0 Å². The molecular formula is C28H27N3O5. The third-order valence-corrected chi connectivity index (χ3v) is 5.68. The lowest BCUT2D eigenvalue weighted by atomic mass is 9.98. The van der Waals surface area contributed by atoms with E-state index in [0.29, 0.717) is 45.9 Å². The second-order valence-corrected chi connectivity index (χ2v) is 8.59. The Morgan fingerprint density at radius 3 is 2.42 bits per heavy atom. The molecule has 0 unspecified atom stereocenters. The van der Waals surface area contributed by atoms with Crippen LogP contribution < -0.4 is 10.6 Å². The average Bonchev–Trinajstić information content (AvgIpc) is 3.18. The van der Waals surface area contributed by atoms with Gasteiger partial charge in [0.25, 0.3) is 5.91 Å². The summed E-state index contributed by atoms with van der Waals surface area (Å²) in [7, 11) is 3.75. The SMILES string of the molecule is CCOC(=O)c1ccc2c(c1)NC(=O)C2=C(Nc1ccc(CN(C)C)c(C(=O)O)c1)c1ccccc1. The largest absolute Gasteiger partial charge is 0.478 e. The topological polar surface area (TPSA) is 108 Å². The van der Waals surface area contributed by atoms with Crippen LogP contribution in [0.1, 0.15) is 44.3 Å². The standard InChI is InChI=1S/C28H27N3O5/c1-4-36-28(35)18-11-13-21-23(14-18)30-26(32)24(21)25(17-8-6-5-7-9-17)29-20-12-10-19(16-31(2)3)22(15-20)27(33)34/h5-15,29H,4,16H2,1-3H3,(H,30,32)(H,33,34). The Balaban J connectivity index is 1.82. The number of ether oxygens (including phenoxy) is 1. The van der Waals surface area contributed by atoms with Crippen LogP contribution in [0.5, 0.6) is 0 Å². The van der Waals surface area contributed by atoms with Gasteiger partial charge in [0.1, 0.15) is 0 Å². The van der Waals surface area contributed by atoms with Crippen LogP contribution in [0.2, 0.25) is 0 Å². The van der Waals surface area contributed by atoms with Gasteiger partial charge in [0.15, 0.2) is 0 Å². The van der Waals surface area contributed by atoms with Crippen LogP contribution in [-0.2, 0) is 16.1 Å². The number of anilines is 2. The van der Waals surface area contributed by atoms with E-state index < -0.39 is 11.9 Å². The Labute approximate surface area is 209 Å². The zero-order valence-electron chi connectivity index (χ0n) is 20.3. The number of carbonyl (C=O) groups is 3. The molecule has 1 amide bonds. The van der Waals surface area contributed by atoms with Crippen molar-refractivity contribution in [3.63, 3.8) is 0 Å². The summed E-state index contributed by atoms with van der Waals surface area (Å²) in [6.07, 6.45) is 0. The summed E-state index contributed by atoms with van der Waals surface area (Å²) in [5.74, 6) is -1.83. The molecule has 36 heavy (non-hydrogen) atoms. The number of amides is 1. The van der Waals surface area contributed by atoms with E-state index in [9.17, 15) is 19.5 Å². The van der Waals surface area contributed by atoms with Crippen molar-refractivity contribution in [2.24, 2.45) is 0 Å². The van der Waals surface area contributed by atoms with Crippen LogP contribution in [0.25, 0.3) is 11.3 Å². The maximum absolute atomic E-state index is 13.2. The number of hydrogen-bond donors (Lipinski definition) is 3. The number of carboxylic acids is 1. The van der Waals surface area contributed by atoms with Crippen molar-refractivity contribution in [1.29, 1.82) is 0 Å². The van der Waals surface area contributed by atoms with E-state index in [4.69, 9.17) is 4.74 Å². The van der Waals surface area contributed by atoms with E-state index in [1.54, 1.807) is 43.3 Å². The molecule has 1 aliphatic heterocycles. The number of carboxylic acid groups (broad SMARTS) is 1. The number of nitrogens with one attached hydrogen (secondary N) is 2. The van der Waals surface area contributed by atoms with E-state index >= 15 is 0 Å². The van der Waals surface area contributed by atoms with E-state index in [1.807, 2.05) is 49.3 Å². The Kier molecular flexibility index (Phi) is 7.17. The molecule has 4 rings (SSSR count). The molecular weight excluding hydrogens is 458 g/mol. The molecule has 3 N–H and O–H groups in total. The minimum absolute atomic E-state index is 0.182. The van der Waals surface area contributed by atoms with Crippen LogP contribution in [0.3, 0.4) is 0 Å². The van der Waals surface area contributed by atoms with Gasteiger partial charge in [0, 0.05) is 17.8 Å². The number of nitrogens with zero attached hydrogens (tertiary/aromatic N) is 1. The first-order valence-electron chi connectivity index (χ1n) is 11.5. The van der Waals surface area contributed by atoms with E-state index in [0.717, 1.165) is 5.56 Å². The normalized spacial score (nSPS) is 13.7. The molecule has 184 valence electrons. The average molecular weight is 486 g/mol. The lowest BCUT2D eigenvalue weighted by Gasteiger charge is -2.17.